The molecule has 1 aliphatic rings. The van der Waals surface area contributed by atoms with Crippen molar-refractivity contribution in [2.45, 2.75) is 26.2 Å². The van der Waals surface area contributed by atoms with Gasteiger partial charge in [0.25, 0.3) is 0 Å². The second kappa shape index (κ2) is 5.84. The standard InChI is InChI=1S/C16H20FNO3/c1-16(2,15(20)21-3)9-18-14(19)13-8-12(13)10-4-6-11(17)7-5-10/h4-7,12-13H,8-9H2,1-3H3,(H,18,19)/t12-,13-/m0/s1. The summed E-state index contributed by atoms with van der Waals surface area (Å²) in [5, 5.41) is 2.80. The lowest BCUT2D eigenvalue weighted by Crippen LogP contribution is -2.40. The topological polar surface area (TPSA) is 55.4 Å². The van der Waals surface area contributed by atoms with Gasteiger partial charge in [-0.25, -0.2) is 4.39 Å². The van der Waals surface area contributed by atoms with Crippen LogP contribution in [-0.4, -0.2) is 25.5 Å². The van der Waals surface area contributed by atoms with Crippen molar-refractivity contribution in [3.05, 3.63) is 35.6 Å². The Balaban J connectivity index is 1.86. The number of nitrogens with one attached hydrogen (secondary N) is 1. The molecule has 2 atom stereocenters. The average Bonchev–Trinajstić information content (AvgIpc) is 3.25. The number of methoxy groups -OCH3 is 1. The van der Waals surface area contributed by atoms with Crippen molar-refractivity contribution < 1.29 is 18.7 Å². The molecule has 1 aromatic carbocycles. The first-order chi connectivity index (χ1) is 9.85. The normalized spacial score (nSPS) is 20.8. The maximum atomic E-state index is 12.9. The first-order valence-corrected chi connectivity index (χ1v) is 6.97. The van der Waals surface area contributed by atoms with Crippen LogP contribution in [0, 0.1) is 17.2 Å². The third-order valence-electron chi connectivity index (χ3n) is 3.87. The van der Waals surface area contributed by atoms with Crippen molar-refractivity contribution in [1.29, 1.82) is 0 Å². The summed E-state index contributed by atoms with van der Waals surface area (Å²) in [6.07, 6.45) is 0.760. The molecule has 0 heterocycles. The van der Waals surface area contributed by atoms with Crippen molar-refractivity contribution >= 4 is 11.9 Å². The molecule has 1 aromatic rings. The highest BCUT2D eigenvalue weighted by atomic mass is 19.1. The van der Waals surface area contributed by atoms with Gasteiger partial charge in [0.1, 0.15) is 5.82 Å². The molecule has 21 heavy (non-hydrogen) atoms. The lowest BCUT2D eigenvalue weighted by Gasteiger charge is -2.21. The number of esters is 1. The monoisotopic (exact) mass is 293 g/mol. The fourth-order valence-electron chi connectivity index (χ4n) is 2.35. The van der Waals surface area contributed by atoms with Gasteiger partial charge in [0.2, 0.25) is 5.91 Å². The molecule has 1 aliphatic carbocycles. The van der Waals surface area contributed by atoms with E-state index in [-0.39, 0.29) is 36.1 Å². The molecule has 4 nitrogen and oxygen atoms in total. The van der Waals surface area contributed by atoms with Crippen LogP contribution in [0.1, 0.15) is 31.7 Å². The minimum absolute atomic E-state index is 0.0682. The summed E-state index contributed by atoms with van der Waals surface area (Å²) in [5.41, 5.74) is 0.230. The number of ether oxygens (including phenoxy) is 1. The zero-order chi connectivity index (χ0) is 15.6. The molecule has 0 unspecified atom stereocenters. The summed E-state index contributed by atoms with van der Waals surface area (Å²) < 4.78 is 17.6. The minimum Gasteiger partial charge on any atom is -0.469 e. The number of carbonyl (C=O) groups is 2. The summed E-state index contributed by atoms with van der Waals surface area (Å²) >= 11 is 0. The summed E-state index contributed by atoms with van der Waals surface area (Å²) in [6.45, 7) is 3.69. The number of hydrogen-bond acceptors (Lipinski definition) is 3. The van der Waals surface area contributed by atoms with Crippen molar-refractivity contribution in [3.63, 3.8) is 0 Å². The summed E-state index contributed by atoms with van der Waals surface area (Å²) in [4.78, 5) is 23.6. The van der Waals surface area contributed by atoms with Crippen LogP contribution in [0.4, 0.5) is 4.39 Å². The van der Waals surface area contributed by atoms with E-state index in [1.54, 1.807) is 26.0 Å². The van der Waals surface area contributed by atoms with Crippen molar-refractivity contribution in [1.82, 2.24) is 5.32 Å². The first-order valence-electron chi connectivity index (χ1n) is 6.97. The molecule has 1 saturated carbocycles. The Labute approximate surface area is 123 Å². The molecule has 0 saturated heterocycles. The van der Waals surface area contributed by atoms with E-state index in [2.05, 4.69) is 5.32 Å². The zero-order valence-electron chi connectivity index (χ0n) is 12.5. The van der Waals surface area contributed by atoms with Crippen molar-refractivity contribution in [2.75, 3.05) is 13.7 Å². The highest BCUT2D eigenvalue weighted by molar-refractivity contribution is 5.84. The second-order valence-corrected chi connectivity index (χ2v) is 6.09. The van der Waals surface area contributed by atoms with Crippen LogP contribution in [-0.2, 0) is 14.3 Å². The molecule has 2 rings (SSSR count). The average molecular weight is 293 g/mol. The quantitative estimate of drug-likeness (QED) is 0.847. The Hall–Kier alpha value is -1.91. The maximum Gasteiger partial charge on any atom is 0.313 e. The lowest BCUT2D eigenvalue weighted by molar-refractivity contribution is -0.150. The zero-order valence-corrected chi connectivity index (χ0v) is 12.5. The van der Waals surface area contributed by atoms with Gasteiger partial charge in [-0.2, -0.15) is 0 Å². The number of halogens is 1. The molecule has 0 spiro atoms. The van der Waals surface area contributed by atoms with Gasteiger partial charge in [0.15, 0.2) is 0 Å². The van der Waals surface area contributed by atoms with E-state index in [0.29, 0.717) is 0 Å². The first kappa shape index (κ1) is 15.5. The Morgan fingerprint density at radius 2 is 1.95 bits per heavy atom. The Morgan fingerprint density at radius 1 is 1.33 bits per heavy atom. The molecule has 0 bridgehead atoms. The van der Waals surface area contributed by atoms with Gasteiger partial charge < -0.3 is 10.1 Å². The lowest BCUT2D eigenvalue weighted by atomic mass is 9.93. The Bertz CT molecular complexity index is 539. The van der Waals surface area contributed by atoms with Gasteiger partial charge >= 0.3 is 5.97 Å². The number of rotatable bonds is 5. The van der Waals surface area contributed by atoms with E-state index in [4.69, 9.17) is 4.74 Å². The van der Waals surface area contributed by atoms with Gasteiger partial charge in [-0.05, 0) is 43.9 Å². The Kier molecular flexibility index (Phi) is 4.30. The van der Waals surface area contributed by atoms with Crippen LogP contribution in [0.5, 0.6) is 0 Å². The molecule has 5 heteroatoms. The number of carbonyl (C=O) groups excluding carboxylic acids is 2. The predicted octanol–water partition coefficient (Wildman–Crippen LogP) is 2.24. The van der Waals surface area contributed by atoms with Crippen molar-refractivity contribution in [3.8, 4) is 0 Å². The van der Waals surface area contributed by atoms with Gasteiger partial charge in [-0.3, -0.25) is 9.59 Å². The number of benzene rings is 1. The summed E-state index contributed by atoms with van der Waals surface area (Å²) in [6, 6.07) is 6.24. The third kappa shape index (κ3) is 3.60. The molecule has 1 N–H and O–H groups in total. The fourth-order valence-corrected chi connectivity index (χ4v) is 2.35. The molecule has 1 fully saturated rings. The van der Waals surface area contributed by atoms with Crippen LogP contribution in [0.15, 0.2) is 24.3 Å². The van der Waals surface area contributed by atoms with Crippen LogP contribution in [0.25, 0.3) is 0 Å². The van der Waals surface area contributed by atoms with E-state index >= 15 is 0 Å². The number of amides is 1. The second-order valence-electron chi connectivity index (χ2n) is 6.09. The number of hydrogen-bond donors (Lipinski definition) is 1. The molecular weight excluding hydrogens is 273 g/mol. The smallest absolute Gasteiger partial charge is 0.313 e. The molecule has 1 amide bonds. The molecule has 0 aromatic heterocycles. The molecule has 0 aliphatic heterocycles. The SMILES string of the molecule is COC(=O)C(C)(C)CNC(=O)[C@H]1C[C@H]1c1ccc(F)cc1. The molecular formula is C16H20FNO3. The maximum absolute atomic E-state index is 12.9. The van der Waals surface area contributed by atoms with E-state index in [1.807, 2.05) is 0 Å². The largest absolute Gasteiger partial charge is 0.469 e. The summed E-state index contributed by atoms with van der Waals surface area (Å²) in [5.74, 6) is -0.647. The van der Waals surface area contributed by atoms with Crippen molar-refractivity contribution in [2.24, 2.45) is 11.3 Å². The van der Waals surface area contributed by atoms with Gasteiger partial charge in [0, 0.05) is 12.5 Å². The van der Waals surface area contributed by atoms with Crippen LogP contribution in [0.3, 0.4) is 0 Å². The van der Waals surface area contributed by atoms with E-state index in [0.717, 1.165) is 12.0 Å². The van der Waals surface area contributed by atoms with E-state index < -0.39 is 5.41 Å². The molecule has 0 radical (unpaired) electrons. The van der Waals surface area contributed by atoms with Crippen LogP contribution >= 0.6 is 0 Å². The van der Waals surface area contributed by atoms with Gasteiger partial charge in [0.05, 0.1) is 12.5 Å². The van der Waals surface area contributed by atoms with Crippen LogP contribution < -0.4 is 5.32 Å². The van der Waals surface area contributed by atoms with Gasteiger partial charge in [-0.15, -0.1) is 0 Å². The minimum atomic E-state index is -0.745. The highest BCUT2D eigenvalue weighted by Gasteiger charge is 2.44. The van der Waals surface area contributed by atoms with Gasteiger partial charge in [-0.1, -0.05) is 12.1 Å². The Morgan fingerprint density at radius 3 is 2.52 bits per heavy atom. The van der Waals surface area contributed by atoms with Crippen LogP contribution in [0.2, 0.25) is 0 Å². The fraction of sp³-hybridized carbons (Fsp3) is 0.500. The van der Waals surface area contributed by atoms with E-state index in [9.17, 15) is 14.0 Å². The highest BCUT2D eigenvalue weighted by Crippen LogP contribution is 2.47. The molecule has 114 valence electrons. The summed E-state index contributed by atoms with van der Waals surface area (Å²) in [7, 11) is 1.33. The van der Waals surface area contributed by atoms with E-state index in [1.165, 1.54) is 19.2 Å². The third-order valence-corrected chi connectivity index (χ3v) is 3.87. The predicted molar refractivity (Wildman–Crippen MR) is 76.1 cm³/mol.